The van der Waals surface area contributed by atoms with E-state index in [-0.39, 0.29) is 5.56 Å². The topological polar surface area (TPSA) is 61.2 Å². The molecule has 0 amide bonds. The van der Waals surface area contributed by atoms with E-state index >= 15 is 0 Å². The van der Waals surface area contributed by atoms with Crippen LogP contribution in [0.3, 0.4) is 0 Å². The Kier molecular flexibility index (Phi) is 1.09. The van der Waals surface area contributed by atoms with Crippen LogP contribution in [0, 0.1) is 13.8 Å². The zero-order chi connectivity index (χ0) is 7.02. The van der Waals surface area contributed by atoms with Crippen molar-refractivity contribution in [1.82, 2.24) is 4.85 Å². The molecule has 0 bridgehead atoms. The van der Waals surface area contributed by atoms with E-state index in [0.717, 1.165) is 4.85 Å². The van der Waals surface area contributed by atoms with Gasteiger partial charge in [-0.25, -0.2) is 0 Å². The Morgan fingerprint density at radius 1 is 1.56 bits per heavy atom. The highest BCUT2D eigenvalue weighted by atomic mass is 16.5. The van der Waals surface area contributed by atoms with Crippen LogP contribution in [0.5, 0.6) is 0 Å². The summed E-state index contributed by atoms with van der Waals surface area (Å²) in [6, 6.07) is 0. The van der Waals surface area contributed by atoms with E-state index in [4.69, 9.17) is 10.4 Å². The largest absolute Gasteiger partial charge is 0.361 e. The number of nitrogen functional groups attached to an aromatic ring is 1. The molecule has 4 nitrogen and oxygen atoms in total. The number of hydrogen-bond acceptors (Lipinski definition) is 3. The lowest BCUT2D eigenvalue weighted by atomic mass is 10.3. The minimum Gasteiger partial charge on any atom is -0.361 e. The standard InChI is InChI=1S/C5H8N2O2/c1-3-4(2)9-7(6)5(3)8/h6H2,1-2H3. The van der Waals surface area contributed by atoms with Gasteiger partial charge in [-0.05, 0) is 13.8 Å². The molecule has 1 rings (SSSR count). The van der Waals surface area contributed by atoms with Gasteiger partial charge in [0, 0.05) is 0 Å². The quantitative estimate of drug-likeness (QED) is 0.491. The number of aryl methyl sites for hydroxylation is 1. The molecule has 0 spiro atoms. The summed E-state index contributed by atoms with van der Waals surface area (Å²) in [5.74, 6) is 5.65. The second-order valence-corrected chi connectivity index (χ2v) is 1.90. The van der Waals surface area contributed by atoms with E-state index in [1.165, 1.54) is 0 Å². The highest BCUT2D eigenvalue weighted by molar-refractivity contribution is 5.09. The molecule has 0 aromatic carbocycles. The summed E-state index contributed by atoms with van der Waals surface area (Å²) < 4.78 is 4.73. The molecule has 9 heavy (non-hydrogen) atoms. The molecule has 0 aliphatic heterocycles. The van der Waals surface area contributed by atoms with Crippen LogP contribution in [0.4, 0.5) is 0 Å². The minimum atomic E-state index is -0.271. The van der Waals surface area contributed by atoms with E-state index in [0.29, 0.717) is 11.3 Å². The van der Waals surface area contributed by atoms with Crippen molar-refractivity contribution in [2.24, 2.45) is 0 Å². The van der Waals surface area contributed by atoms with Crippen molar-refractivity contribution in [3.63, 3.8) is 0 Å². The van der Waals surface area contributed by atoms with Gasteiger partial charge in [-0.2, -0.15) is 0 Å². The molecule has 1 heterocycles. The van der Waals surface area contributed by atoms with Gasteiger partial charge >= 0.3 is 5.56 Å². The maximum Gasteiger partial charge on any atom is 0.307 e. The third-order valence-corrected chi connectivity index (χ3v) is 1.28. The average molecular weight is 128 g/mol. The maximum atomic E-state index is 10.7. The van der Waals surface area contributed by atoms with Crippen LogP contribution in [0.25, 0.3) is 0 Å². The van der Waals surface area contributed by atoms with Crippen LogP contribution in [0.2, 0.25) is 0 Å². The van der Waals surface area contributed by atoms with Crippen molar-refractivity contribution in [2.75, 3.05) is 5.84 Å². The van der Waals surface area contributed by atoms with Gasteiger partial charge in [-0.3, -0.25) is 4.79 Å². The predicted octanol–water partition coefficient (Wildman–Crippen LogP) is -0.228. The van der Waals surface area contributed by atoms with E-state index in [9.17, 15) is 4.79 Å². The molecule has 0 fully saturated rings. The maximum absolute atomic E-state index is 10.7. The molecular formula is C5H8N2O2. The number of nitrogens with two attached hydrogens (primary N) is 1. The molecule has 0 aliphatic carbocycles. The first-order chi connectivity index (χ1) is 4.13. The van der Waals surface area contributed by atoms with Crippen molar-refractivity contribution in [3.8, 4) is 0 Å². The lowest BCUT2D eigenvalue weighted by Crippen LogP contribution is -2.22. The van der Waals surface area contributed by atoms with Gasteiger partial charge < -0.3 is 10.4 Å². The van der Waals surface area contributed by atoms with Gasteiger partial charge in [0.2, 0.25) is 0 Å². The van der Waals surface area contributed by atoms with E-state index in [1.807, 2.05) is 0 Å². The third-order valence-electron chi connectivity index (χ3n) is 1.28. The van der Waals surface area contributed by atoms with Crippen LogP contribution in [0.1, 0.15) is 11.3 Å². The van der Waals surface area contributed by atoms with Crippen LogP contribution in [0.15, 0.2) is 9.32 Å². The molecule has 1 aromatic rings. The molecular weight excluding hydrogens is 120 g/mol. The number of aromatic nitrogens is 1. The minimum absolute atomic E-state index is 0.271. The lowest BCUT2D eigenvalue weighted by Gasteiger charge is -1.81. The smallest absolute Gasteiger partial charge is 0.307 e. The Hall–Kier alpha value is -1.19. The summed E-state index contributed by atoms with van der Waals surface area (Å²) >= 11 is 0. The first kappa shape index (κ1) is 5.94. The normalized spacial score (nSPS) is 10.0. The summed E-state index contributed by atoms with van der Waals surface area (Å²) in [7, 11) is 0. The van der Waals surface area contributed by atoms with Crippen LogP contribution in [-0.4, -0.2) is 4.85 Å². The monoisotopic (exact) mass is 128 g/mol. The Morgan fingerprint density at radius 3 is 2.22 bits per heavy atom. The van der Waals surface area contributed by atoms with Crippen LogP contribution < -0.4 is 11.4 Å². The molecule has 0 atom stereocenters. The van der Waals surface area contributed by atoms with Gasteiger partial charge in [0.1, 0.15) is 5.76 Å². The summed E-state index contributed by atoms with van der Waals surface area (Å²) in [4.78, 5) is 11.5. The van der Waals surface area contributed by atoms with Crippen molar-refractivity contribution >= 4 is 0 Å². The SMILES string of the molecule is Cc1on(N)c(=O)c1C. The summed E-state index contributed by atoms with van der Waals surface area (Å²) in [5.41, 5.74) is 0.296. The fraction of sp³-hybridized carbons (Fsp3) is 0.400. The van der Waals surface area contributed by atoms with Crippen LogP contribution in [-0.2, 0) is 0 Å². The van der Waals surface area contributed by atoms with Gasteiger partial charge in [-0.15, -0.1) is 0 Å². The van der Waals surface area contributed by atoms with Gasteiger partial charge in [0.05, 0.1) is 5.56 Å². The van der Waals surface area contributed by atoms with Crippen molar-refractivity contribution in [3.05, 3.63) is 21.7 Å². The molecule has 0 aliphatic rings. The van der Waals surface area contributed by atoms with E-state index < -0.39 is 0 Å². The van der Waals surface area contributed by atoms with E-state index in [1.54, 1.807) is 13.8 Å². The first-order valence-electron chi connectivity index (χ1n) is 2.57. The molecule has 1 aromatic heterocycles. The highest BCUT2D eigenvalue weighted by Crippen LogP contribution is 1.96. The Balaban J connectivity index is 3.48. The van der Waals surface area contributed by atoms with Crippen molar-refractivity contribution in [1.29, 1.82) is 0 Å². The summed E-state index contributed by atoms with van der Waals surface area (Å²) in [6.07, 6.45) is 0. The predicted molar refractivity (Wildman–Crippen MR) is 32.6 cm³/mol. The zero-order valence-electron chi connectivity index (χ0n) is 5.34. The second-order valence-electron chi connectivity index (χ2n) is 1.90. The molecule has 0 radical (unpaired) electrons. The Labute approximate surface area is 51.8 Å². The highest BCUT2D eigenvalue weighted by Gasteiger charge is 2.04. The number of nitrogens with zero attached hydrogens (tertiary/aromatic N) is 1. The number of rotatable bonds is 0. The lowest BCUT2D eigenvalue weighted by molar-refractivity contribution is 0.303. The van der Waals surface area contributed by atoms with Crippen molar-refractivity contribution in [2.45, 2.75) is 13.8 Å². The van der Waals surface area contributed by atoms with Crippen molar-refractivity contribution < 1.29 is 4.52 Å². The summed E-state index contributed by atoms with van der Waals surface area (Å²) in [5, 5.41) is 0. The number of hydrogen-bond donors (Lipinski definition) is 1. The van der Waals surface area contributed by atoms with Gasteiger partial charge in [0.15, 0.2) is 0 Å². The van der Waals surface area contributed by atoms with Crippen LogP contribution >= 0.6 is 0 Å². The average Bonchev–Trinajstić information content (AvgIpc) is 1.98. The Morgan fingerprint density at radius 2 is 2.11 bits per heavy atom. The molecule has 50 valence electrons. The Bertz CT molecular complexity index is 271. The molecule has 2 N–H and O–H groups in total. The third kappa shape index (κ3) is 0.718. The zero-order valence-corrected chi connectivity index (χ0v) is 5.34. The fourth-order valence-electron chi connectivity index (χ4n) is 0.573. The summed E-state index contributed by atoms with van der Waals surface area (Å²) in [6.45, 7) is 3.37. The second kappa shape index (κ2) is 1.65. The van der Waals surface area contributed by atoms with Gasteiger partial charge in [-0.1, -0.05) is 4.85 Å². The van der Waals surface area contributed by atoms with Gasteiger partial charge in [0.25, 0.3) is 0 Å². The molecule has 0 unspecified atom stereocenters. The first-order valence-corrected chi connectivity index (χ1v) is 2.57. The molecule has 0 saturated carbocycles. The fourth-order valence-corrected chi connectivity index (χ4v) is 0.573. The van der Waals surface area contributed by atoms with E-state index in [2.05, 4.69) is 0 Å². The molecule has 4 heteroatoms. The molecule has 0 saturated heterocycles.